The van der Waals surface area contributed by atoms with Crippen LogP contribution in [0.2, 0.25) is 0 Å². The van der Waals surface area contributed by atoms with Crippen molar-refractivity contribution in [2.45, 2.75) is 26.0 Å². The molecule has 0 aromatic heterocycles. The molecule has 0 amide bonds. The van der Waals surface area contributed by atoms with Gasteiger partial charge in [0.05, 0.1) is 0 Å². The zero-order valence-corrected chi connectivity index (χ0v) is 5.69. The largest absolute Gasteiger partial charge is 0.363 e. The van der Waals surface area contributed by atoms with Crippen LogP contribution >= 0.6 is 0 Å². The standard InChI is InChI=1S/C5H14N2O/c1-4-5(2,7-6)8-3/h7H,4,6H2,1-3H3. The number of hydrogen-bond donors (Lipinski definition) is 2. The maximum Gasteiger partial charge on any atom is 0.127 e. The Morgan fingerprint density at radius 2 is 2.25 bits per heavy atom. The Balaban J connectivity index is 3.58. The number of methoxy groups -OCH3 is 1. The van der Waals surface area contributed by atoms with Crippen molar-refractivity contribution in [3.63, 3.8) is 0 Å². The summed E-state index contributed by atoms with van der Waals surface area (Å²) in [5.74, 6) is 5.15. The van der Waals surface area contributed by atoms with E-state index >= 15 is 0 Å². The van der Waals surface area contributed by atoms with Crippen LogP contribution in [0.4, 0.5) is 0 Å². The number of hydrazine groups is 1. The van der Waals surface area contributed by atoms with Crippen molar-refractivity contribution < 1.29 is 4.74 Å². The molecule has 0 aliphatic heterocycles. The second-order valence-corrected chi connectivity index (χ2v) is 1.93. The van der Waals surface area contributed by atoms with Crippen LogP contribution in [0, 0.1) is 0 Å². The highest BCUT2D eigenvalue weighted by atomic mass is 16.5. The van der Waals surface area contributed by atoms with Gasteiger partial charge in [-0.3, -0.25) is 5.84 Å². The van der Waals surface area contributed by atoms with Gasteiger partial charge in [0.25, 0.3) is 0 Å². The third-order valence-electron chi connectivity index (χ3n) is 1.43. The molecule has 3 heteroatoms. The zero-order valence-electron chi connectivity index (χ0n) is 5.69. The van der Waals surface area contributed by atoms with Crippen molar-refractivity contribution >= 4 is 0 Å². The van der Waals surface area contributed by atoms with Crippen LogP contribution in [-0.4, -0.2) is 12.8 Å². The minimum atomic E-state index is -0.347. The quantitative estimate of drug-likeness (QED) is 0.316. The molecule has 0 saturated heterocycles. The van der Waals surface area contributed by atoms with E-state index in [-0.39, 0.29) is 5.72 Å². The highest BCUT2D eigenvalue weighted by Crippen LogP contribution is 2.05. The van der Waals surface area contributed by atoms with Crippen LogP contribution in [0.15, 0.2) is 0 Å². The van der Waals surface area contributed by atoms with Gasteiger partial charge in [-0.1, -0.05) is 6.92 Å². The molecule has 50 valence electrons. The Hall–Kier alpha value is -0.120. The minimum Gasteiger partial charge on any atom is -0.363 e. The number of nitrogens with one attached hydrogen (secondary N) is 1. The summed E-state index contributed by atoms with van der Waals surface area (Å²) < 4.78 is 5.00. The topological polar surface area (TPSA) is 47.3 Å². The molecular weight excluding hydrogens is 104 g/mol. The monoisotopic (exact) mass is 118 g/mol. The Kier molecular flexibility index (Phi) is 2.97. The molecule has 0 fully saturated rings. The molecule has 0 spiro atoms. The number of hydrogen-bond acceptors (Lipinski definition) is 3. The molecular formula is C5H14N2O. The third-order valence-corrected chi connectivity index (χ3v) is 1.43. The normalized spacial score (nSPS) is 18.0. The maximum absolute atomic E-state index is 5.15. The average Bonchev–Trinajstić information content (AvgIpc) is 1.87. The van der Waals surface area contributed by atoms with E-state index in [9.17, 15) is 0 Å². The van der Waals surface area contributed by atoms with Gasteiger partial charge in [-0.25, -0.2) is 5.43 Å². The molecule has 0 rings (SSSR count). The van der Waals surface area contributed by atoms with E-state index in [4.69, 9.17) is 10.6 Å². The van der Waals surface area contributed by atoms with E-state index in [1.165, 1.54) is 0 Å². The van der Waals surface area contributed by atoms with E-state index in [1.54, 1.807) is 7.11 Å². The molecule has 0 saturated carbocycles. The highest BCUT2D eigenvalue weighted by Gasteiger charge is 2.16. The van der Waals surface area contributed by atoms with Gasteiger partial charge < -0.3 is 4.74 Å². The lowest BCUT2D eigenvalue weighted by Crippen LogP contribution is -2.47. The Morgan fingerprint density at radius 3 is 2.25 bits per heavy atom. The SMILES string of the molecule is CCC(C)(NN)OC. The summed E-state index contributed by atoms with van der Waals surface area (Å²) >= 11 is 0. The Bertz CT molecular complexity index is 53.2. The molecule has 3 nitrogen and oxygen atoms in total. The van der Waals surface area contributed by atoms with Crippen molar-refractivity contribution in [1.82, 2.24) is 5.43 Å². The van der Waals surface area contributed by atoms with Crippen LogP contribution < -0.4 is 11.3 Å². The molecule has 0 radical (unpaired) electrons. The highest BCUT2D eigenvalue weighted by molar-refractivity contribution is 4.63. The van der Waals surface area contributed by atoms with Crippen molar-refractivity contribution in [2.24, 2.45) is 5.84 Å². The van der Waals surface area contributed by atoms with Gasteiger partial charge in [0.1, 0.15) is 5.72 Å². The zero-order chi connectivity index (χ0) is 6.62. The van der Waals surface area contributed by atoms with Gasteiger partial charge in [0.15, 0.2) is 0 Å². The molecule has 1 atom stereocenters. The van der Waals surface area contributed by atoms with Crippen LogP contribution in [0.1, 0.15) is 20.3 Å². The van der Waals surface area contributed by atoms with Gasteiger partial charge in [-0.15, -0.1) is 0 Å². The fraction of sp³-hybridized carbons (Fsp3) is 1.00. The molecule has 8 heavy (non-hydrogen) atoms. The number of ether oxygens (including phenoxy) is 1. The average molecular weight is 118 g/mol. The number of rotatable bonds is 3. The van der Waals surface area contributed by atoms with Crippen LogP contribution in [0.25, 0.3) is 0 Å². The summed E-state index contributed by atoms with van der Waals surface area (Å²) in [5, 5.41) is 0. The molecule has 0 aliphatic carbocycles. The molecule has 0 aromatic carbocycles. The molecule has 0 bridgehead atoms. The second-order valence-electron chi connectivity index (χ2n) is 1.93. The number of nitrogens with two attached hydrogens (primary N) is 1. The lowest BCUT2D eigenvalue weighted by Gasteiger charge is -2.24. The van der Waals surface area contributed by atoms with E-state index in [0.717, 1.165) is 6.42 Å². The predicted octanol–water partition coefficient (Wildman–Crippen LogP) is 0.222. The lowest BCUT2D eigenvalue weighted by atomic mass is 10.2. The van der Waals surface area contributed by atoms with E-state index in [2.05, 4.69) is 5.43 Å². The van der Waals surface area contributed by atoms with Gasteiger partial charge in [-0.05, 0) is 13.3 Å². The summed E-state index contributed by atoms with van der Waals surface area (Å²) in [7, 11) is 1.63. The minimum absolute atomic E-state index is 0.347. The first-order valence-corrected chi connectivity index (χ1v) is 2.71. The predicted molar refractivity (Wildman–Crippen MR) is 33.0 cm³/mol. The van der Waals surface area contributed by atoms with Gasteiger partial charge in [0, 0.05) is 7.11 Å². The summed E-state index contributed by atoms with van der Waals surface area (Å²) in [5.41, 5.74) is 2.21. The van der Waals surface area contributed by atoms with Crippen molar-refractivity contribution in [2.75, 3.05) is 7.11 Å². The van der Waals surface area contributed by atoms with E-state index < -0.39 is 0 Å². The smallest absolute Gasteiger partial charge is 0.127 e. The molecule has 1 unspecified atom stereocenters. The molecule has 0 aromatic rings. The van der Waals surface area contributed by atoms with Crippen LogP contribution in [0.5, 0.6) is 0 Å². The fourth-order valence-corrected chi connectivity index (χ4v) is 0.305. The van der Waals surface area contributed by atoms with Crippen molar-refractivity contribution in [3.05, 3.63) is 0 Å². The van der Waals surface area contributed by atoms with E-state index in [1.807, 2.05) is 13.8 Å². The van der Waals surface area contributed by atoms with Gasteiger partial charge in [0.2, 0.25) is 0 Å². The van der Waals surface area contributed by atoms with Gasteiger partial charge >= 0.3 is 0 Å². The van der Waals surface area contributed by atoms with Crippen LogP contribution in [0.3, 0.4) is 0 Å². The molecule has 0 aliphatic rings. The Morgan fingerprint density at radius 1 is 1.75 bits per heavy atom. The summed E-state index contributed by atoms with van der Waals surface area (Å²) in [4.78, 5) is 0. The summed E-state index contributed by atoms with van der Waals surface area (Å²) in [6.07, 6.45) is 0.861. The third kappa shape index (κ3) is 1.78. The first kappa shape index (κ1) is 7.88. The first-order valence-electron chi connectivity index (χ1n) is 2.71. The first-order chi connectivity index (χ1) is 3.68. The second kappa shape index (κ2) is 3.02. The van der Waals surface area contributed by atoms with Gasteiger partial charge in [-0.2, -0.15) is 0 Å². The molecule has 0 heterocycles. The van der Waals surface area contributed by atoms with Crippen molar-refractivity contribution in [1.29, 1.82) is 0 Å². The fourth-order valence-electron chi connectivity index (χ4n) is 0.305. The summed E-state index contributed by atoms with van der Waals surface area (Å²) in [6, 6.07) is 0. The Labute approximate surface area is 50.2 Å². The maximum atomic E-state index is 5.15. The lowest BCUT2D eigenvalue weighted by molar-refractivity contribution is -0.0265. The molecule has 3 N–H and O–H groups in total. The van der Waals surface area contributed by atoms with Crippen LogP contribution in [-0.2, 0) is 4.74 Å². The van der Waals surface area contributed by atoms with Crippen molar-refractivity contribution in [3.8, 4) is 0 Å². The summed E-state index contributed by atoms with van der Waals surface area (Å²) in [6.45, 7) is 3.90. The van der Waals surface area contributed by atoms with E-state index in [0.29, 0.717) is 0 Å².